The van der Waals surface area contributed by atoms with Crippen LogP contribution in [0.2, 0.25) is 0 Å². The molecule has 1 saturated carbocycles. The van der Waals surface area contributed by atoms with E-state index in [1.807, 2.05) is 25.1 Å². The third-order valence-corrected chi connectivity index (χ3v) is 4.72. The smallest absolute Gasteiger partial charge is 0.200 e. The molecule has 0 aliphatic heterocycles. The van der Waals surface area contributed by atoms with Gasteiger partial charge in [0.25, 0.3) is 0 Å². The number of nitrogens with one attached hydrogen (secondary N) is 1. The van der Waals surface area contributed by atoms with Crippen LogP contribution in [-0.2, 0) is 6.42 Å². The Morgan fingerprint density at radius 1 is 1.10 bits per heavy atom. The van der Waals surface area contributed by atoms with Crippen molar-refractivity contribution in [1.29, 1.82) is 0 Å². The van der Waals surface area contributed by atoms with Gasteiger partial charge in [0.15, 0.2) is 11.2 Å². The molecular weight excluding hydrogens is 250 g/mol. The summed E-state index contributed by atoms with van der Waals surface area (Å²) in [6, 6.07) is 5.81. The van der Waals surface area contributed by atoms with Crippen molar-refractivity contribution >= 4 is 16.7 Å². The Hall–Kier alpha value is -1.90. The highest BCUT2D eigenvalue weighted by molar-refractivity contribution is 6.01. The molecule has 1 heterocycles. The highest BCUT2D eigenvalue weighted by Crippen LogP contribution is 2.42. The van der Waals surface area contributed by atoms with Gasteiger partial charge in [-0.05, 0) is 50.2 Å². The van der Waals surface area contributed by atoms with E-state index < -0.39 is 0 Å². The van der Waals surface area contributed by atoms with Crippen molar-refractivity contribution in [3.05, 3.63) is 45.2 Å². The molecule has 4 rings (SSSR count). The summed E-state index contributed by atoms with van der Waals surface area (Å²) in [7, 11) is 0. The Morgan fingerprint density at radius 3 is 2.65 bits per heavy atom. The molecule has 1 atom stereocenters. The first-order chi connectivity index (χ1) is 9.63. The van der Waals surface area contributed by atoms with Crippen LogP contribution < -0.4 is 5.43 Å². The molecule has 1 fully saturated rings. The average Bonchev–Trinajstić information content (AvgIpc) is 3.23. The van der Waals surface area contributed by atoms with Crippen LogP contribution >= 0.6 is 0 Å². The Morgan fingerprint density at radius 2 is 1.90 bits per heavy atom. The van der Waals surface area contributed by atoms with Crippen LogP contribution in [0.15, 0.2) is 23.0 Å². The van der Waals surface area contributed by atoms with Crippen LogP contribution in [0.3, 0.4) is 0 Å². The number of carbonyl (C=O) groups is 1. The van der Waals surface area contributed by atoms with Gasteiger partial charge >= 0.3 is 0 Å². The summed E-state index contributed by atoms with van der Waals surface area (Å²) in [5.74, 6) is 1.17. The van der Waals surface area contributed by atoms with Gasteiger partial charge in [-0.3, -0.25) is 9.59 Å². The van der Waals surface area contributed by atoms with Crippen molar-refractivity contribution < 1.29 is 4.79 Å². The SMILES string of the molecule is Cc1ccc2[nH]c3c(c(=O)c2c1)C(=O)CC(C1CC1)C3. The lowest BCUT2D eigenvalue weighted by Gasteiger charge is -2.23. The summed E-state index contributed by atoms with van der Waals surface area (Å²) < 4.78 is 0. The number of benzene rings is 1. The van der Waals surface area contributed by atoms with E-state index in [-0.39, 0.29) is 11.2 Å². The Bertz CT molecular complexity index is 783. The monoisotopic (exact) mass is 267 g/mol. The van der Waals surface area contributed by atoms with Crippen molar-refractivity contribution in [2.45, 2.75) is 32.6 Å². The zero-order chi connectivity index (χ0) is 13.9. The molecule has 0 saturated heterocycles. The molecule has 2 aliphatic carbocycles. The molecule has 2 aliphatic rings. The lowest BCUT2D eigenvalue weighted by molar-refractivity contribution is 0.0940. The second-order valence-electron chi connectivity index (χ2n) is 6.29. The lowest BCUT2D eigenvalue weighted by Crippen LogP contribution is -2.29. The van der Waals surface area contributed by atoms with Crippen LogP contribution in [-0.4, -0.2) is 10.8 Å². The largest absolute Gasteiger partial charge is 0.358 e. The Balaban J connectivity index is 1.94. The molecule has 0 spiro atoms. The molecular formula is C17H17NO2. The summed E-state index contributed by atoms with van der Waals surface area (Å²) in [4.78, 5) is 28.3. The van der Waals surface area contributed by atoms with Gasteiger partial charge in [0, 0.05) is 23.0 Å². The van der Waals surface area contributed by atoms with Gasteiger partial charge in [-0.15, -0.1) is 0 Å². The molecule has 2 aromatic rings. The number of fused-ring (bicyclic) bond motifs is 2. The number of pyridine rings is 1. The van der Waals surface area contributed by atoms with Crippen molar-refractivity contribution in [3.63, 3.8) is 0 Å². The van der Waals surface area contributed by atoms with Crippen molar-refractivity contribution in [2.75, 3.05) is 0 Å². The van der Waals surface area contributed by atoms with E-state index in [1.54, 1.807) is 0 Å². The van der Waals surface area contributed by atoms with E-state index in [1.165, 1.54) is 12.8 Å². The first kappa shape index (κ1) is 11.9. The third-order valence-electron chi connectivity index (χ3n) is 4.72. The summed E-state index contributed by atoms with van der Waals surface area (Å²) in [5, 5.41) is 0.641. The normalized spacial score (nSPS) is 22.1. The molecule has 0 radical (unpaired) electrons. The fourth-order valence-electron chi connectivity index (χ4n) is 3.48. The maximum absolute atomic E-state index is 12.6. The quantitative estimate of drug-likeness (QED) is 0.863. The number of hydrogen-bond donors (Lipinski definition) is 1. The second kappa shape index (κ2) is 4.05. The molecule has 102 valence electrons. The molecule has 1 aromatic carbocycles. The lowest BCUT2D eigenvalue weighted by atomic mass is 9.82. The van der Waals surface area contributed by atoms with Gasteiger partial charge in [-0.25, -0.2) is 0 Å². The van der Waals surface area contributed by atoms with E-state index in [9.17, 15) is 9.59 Å². The molecule has 1 aromatic heterocycles. The van der Waals surface area contributed by atoms with Gasteiger partial charge in [0.2, 0.25) is 0 Å². The minimum Gasteiger partial charge on any atom is -0.358 e. The third kappa shape index (κ3) is 1.73. The van der Waals surface area contributed by atoms with Crippen LogP contribution in [0.25, 0.3) is 10.9 Å². The van der Waals surface area contributed by atoms with Crippen molar-refractivity contribution in [2.24, 2.45) is 11.8 Å². The van der Waals surface area contributed by atoms with Crippen LogP contribution in [0.4, 0.5) is 0 Å². The number of rotatable bonds is 1. The maximum atomic E-state index is 12.6. The predicted molar refractivity (Wildman–Crippen MR) is 78.2 cm³/mol. The van der Waals surface area contributed by atoms with E-state index in [0.717, 1.165) is 23.2 Å². The molecule has 3 nitrogen and oxygen atoms in total. The molecule has 1 N–H and O–H groups in total. The molecule has 20 heavy (non-hydrogen) atoms. The highest BCUT2D eigenvalue weighted by atomic mass is 16.1. The first-order valence-corrected chi connectivity index (χ1v) is 7.32. The standard InChI is InChI=1S/C17H17NO2/c1-9-2-5-13-12(6-9)17(20)16-14(18-13)7-11(8-15(16)19)10-3-4-10/h2,5-6,10-11H,3-4,7-8H2,1H3,(H,18,20). The van der Waals surface area contributed by atoms with Gasteiger partial charge < -0.3 is 4.98 Å². The number of aromatic nitrogens is 1. The van der Waals surface area contributed by atoms with Gasteiger partial charge in [-0.1, -0.05) is 11.6 Å². The number of aryl methyl sites for hydroxylation is 1. The molecule has 1 unspecified atom stereocenters. The number of hydrogen-bond acceptors (Lipinski definition) is 2. The summed E-state index contributed by atoms with van der Waals surface area (Å²) in [5.41, 5.74) is 3.09. The summed E-state index contributed by atoms with van der Waals surface area (Å²) in [6.45, 7) is 1.96. The topological polar surface area (TPSA) is 49.9 Å². The molecule has 3 heteroatoms. The summed E-state index contributed by atoms with van der Waals surface area (Å²) >= 11 is 0. The number of carbonyl (C=O) groups excluding carboxylic acids is 1. The Labute approximate surface area is 117 Å². The van der Waals surface area contributed by atoms with Crippen molar-refractivity contribution in [3.8, 4) is 0 Å². The molecule has 0 bridgehead atoms. The number of aromatic amines is 1. The number of Topliss-reactive ketones (excluding diaryl/α,β-unsaturated/α-hetero) is 1. The molecule has 0 amide bonds. The van der Waals surface area contributed by atoms with E-state index >= 15 is 0 Å². The second-order valence-corrected chi connectivity index (χ2v) is 6.29. The van der Waals surface area contributed by atoms with E-state index in [0.29, 0.717) is 29.2 Å². The first-order valence-electron chi connectivity index (χ1n) is 7.32. The predicted octanol–water partition coefficient (Wildman–Crippen LogP) is 2.99. The fraction of sp³-hybridized carbons (Fsp3) is 0.412. The fourth-order valence-corrected chi connectivity index (χ4v) is 3.48. The zero-order valence-corrected chi connectivity index (χ0v) is 11.5. The van der Waals surface area contributed by atoms with E-state index in [4.69, 9.17) is 0 Å². The minimum atomic E-state index is -0.0864. The Kier molecular flexibility index (Phi) is 2.40. The van der Waals surface area contributed by atoms with E-state index in [2.05, 4.69) is 4.98 Å². The zero-order valence-electron chi connectivity index (χ0n) is 11.5. The number of ketones is 1. The van der Waals surface area contributed by atoms with Gasteiger partial charge in [0.05, 0.1) is 5.56 Å². The van der Waals surface area contributed by atoms with Crippen molar-refractivity contribution in [1.82, 2.24) is 4.98 Å². The van der Waals surface area contributed by atoms with Crippen LogP contribution in [0.5, 0.6) is 0 Å². The van der Waals surface area contributed by atoms with Crippen LogP contribution in [0.1, 0.15) is 40.9 Å². The van der Waals surface area contributed by atoms with Gasteiger partial charge in [-0.2, -0.15) is 0 Å². The van der Waals surface area contributed by atoms with Crippen LogP contribution in [0, 0.1) is 18.8 Å². The minimum absolute atomic E-state index is 0.0350. The maximum Gasteiger partial charge on any atom is 0.200 e. The van der Waals surface area contributed by atoms with Gasteiger partial charge in [0.1, 0.15) is 0 Å². The summed E-state index contributed by atoms with van der Waals surface area (Å²) in [6.07, 6.45) is 3.89. The average molecular weight is 267 g/mol. The number of H-pyrrole nitrogens is 1. The highest BCUT2D eigenvalue weighted by Gasteiger charge is 2.37.